The van der Waals surface area contributed by atoms with Crippen LogP contribution < -0.4 is 9.25 Å². The number of nitrogens with one attached hydrogen (secondary N) is 1. The Balaban J connectivity index is 1.66. The van der Waals surface area contributed by atoms with Crippen molar-refractivity contribution < 1.29 is 17.2 Å². The Bertz CT molecular complexity index is 1450. The number of anilines is 1. The molecule has 0 aliphatic carbocycles. The monoisotopic (exact) mass is 501 g/mol. The minimum atomic E-state index is -3.78. The van der Waals surface area contributed by atoms with E-state index in [-0.39, 0.29) is 11.4 Å². The highest BCUT2D eigenvalue weighted by molar-refractivity contribution is 7.90. The number of fused-ring (bicyclic) bond motifs is 2. The molecule has 0 saturated carbocycles. The van der Waals surface area contributed by atoms with Gasteiger partial charge in [0.2, 0.25) is 10.0 Å². The minimum Gasteiger partial charge on any atom is -0.322 e. The molecule has 1 unspecified atom stereocenters. The summed E-state index contributed by atoms with van der Waals surface area (Å²) in [7, 11) is -3.78. The molecule has 0 saturated heterocycles. The molecule has 180 valence electrons. The first-order valence-corrected chi connectivity index (χ1v) is 13.7. The summed E-state index contributed by atoms with van der Waals surface area (Å²) in [6.07, 6.45) is 3.93. The molecule has 2 aromatic carbocycles. The summed E-state index contributed by atoms with van der Waals surface area (Å²) < 4.78 is 49.5. The van der Waals surface area contributed by atoms with Crippen molar-refractivity contribution in [3.05, 3.63) is 66.2 Å². The number of hydrazine groups is 1. The van der Waals surface area contributed by atoms with Crippen LogP contribution in [0.15, 0.2) is 54.7 Å². The van der Waals surface area contributed by atoms with Crippen LogP contribution in [0, 0.1) is 6.92 Å². The van der Waals surface area contributed by atoms with Crippen molar-refractivity contribution in [3.8, 4) is 0 Å². The van der Waals surface area contributed by atoms with Gasteiger partial charge in [0.1, 0.15) is 5.82 Å². The predicted octanol–water partition coefficient (Wildman–Crippen LogP) is 3.91. The molecule has 2 aromatic heterocycles. The molecule has 0 aliphatic rings. The lowest BCUT2D eigenvalue weighted by molar-refractivity contribution is 0.548. The second-order valence-corrected chi connectivity index (χ2v) is 10.7. The maximum Gasteiger partial charge on any atom is 0.277 e. The molecule has 2 N–H and O–H groups in total. The highest BCUT2D eigenvalue weighted by Crippen LogP contribution is 2.25. The molecule has 0 fully saturated rings. The van der Waals surface area contributed by atoms with E-state index in [1.807, 2.05) is 54.9 Å². The molecule has 1 atom stereocenters. The number of hydrogen-bond donors (Lipinski definition) is 2. The van der Waals surface area contributed by atoms with E-state index in [4.69, 9.17) is 0 Å². The van der Waals surface area contributed by atoms with Crippen LogP contribution in [-0.2, 0) is 27.8 Å². The van der Waals surface area contributed by atoms with Gasteiger partial charge in [0.05, 0.1) is 34.7 Å². The van der Waals surface area contributed by atoms with Gasteiger partial charge in [-0.15, -0.1) is 4.83 Å². The Morgan fingerprint density at radius 2 is 1.88 bits per heavy atom. The number of aryl methyl sites for hydroxylation is 1. The van der Waals surface area contributed by atoms with Gasteiger partial charge in [-0.25, -0.2) is 17.6 Å². The van der Waals surface area contributed by atoms with Gasteiger partial charge in [0.25, 0.3) is 11.3 Å². The Kier molecular flexibility index (Phi) is 7.27. The van der Waals surface area contributed by atoms with Crippen molar-refractivity contribution in [1.82, 2.24) is 19.4 Å². The van der Waals surface area contributed by atoms with E-state index >= 15 is 0 Å². The van der Waals surface area contributed by atoms with E-state index < -0.39 is 21.3 Å². The lowest BCUT2D eigenvalue weighted by Gasteiger charge is -2.21. The summed E-state index contributed by atoms with van der Waals surface area (Å²) >= 11 is -2.60. The number of imidazole rings is 1. The van der Waals surface area contributed by atoms with Gasteiger partial charge >= 0.3 is 0 Å². The lowest BCUT2D eigenvalue weighted by atomic mass is 10.1. The molecule has 2 heterocycles. The second-order valence-electron chi connectivity index (χ2n) is 8.08. The van der Waals surface area contributed by atoms with Gasteiger partial charge in [-0.1, -0.05) is 44.0 Å². The fourth-order valence-electron chi connectivity index (χ4n) is 3.82. The number of unbranched alkanes of at least 4 members (excludes halogenated alkanes) is 2. The maximum absolute atomic E-state index is 12.5. The van der Waals surface area contributed by atoms with Gasteiger partial charge in [0, 0.05) is 11.6 Å². The highest BCUT2D eigenvalue weighted by Gasteiger charge is 2.21. The summed E-state index contributed by atoms with van der Waals surface area (Å²) in [6, 6.07) is 14.9. The molecular weight excluding hydrogens is 474 g/mol. The van der Waals surface area contributed by atoms with Gasteiger partial charge in [-0.05, 0) is 43.0 Å². The van der Waals surface area contributed by atoms with Gasteiger partial charge in [-0.2, -0.15) is 4.41 Å². The number of hydrogen-bond acceptors (Lipinski definition) is 5. The second kappa shape index (κ2) is 10.2. The summed E-state index contributed by atoms with van der Waals surface area (Å²) in [6.45, 7) is 4.30. The average molecular weight is 502 g/mol. The van der Waals surface area contributed by atoms with E-state index in [2.05, 4.69) is 14.8 Å². The van der Waals surface area contributed by atoms with E-state index in [1.54, 1.807) is 18.2 Å². The number of nitrogens with zero attached hydrogens (tertiary/aromatic N) is 4. The van der Waals surface area contributed by atoms with E-state index in [9.17, 15) is 17.2 Å². The number of rotatable bonds is 10. The third kappa shape index (κ3) is 5.44. The minimum absolute atomic E-state index is 0.124. The summed E-state index contributed by atoms with van der Waals surface area (Å²) in [4.78, 5) is 11.4. The summed E-state index contributed by atoms with van der Waals surface area (Å²) in [5.41, 5.74) is 2.47. The Hall–Kier alpha value is -2.86. The predicted molar refractivity (Wildman–Crippen MR) is 135 cm³/mol. The van der Waals surface area contributed by atoms with Crippen LogP contribution in [0.1, 0.15) is 37.7 Å². The number of benzene rings is 2. The van der Waals surface area contributed by atoms with E-state index in [0.717, 1.165) is 39.5 Å². The number of pyridine rings is 1. The van der Waals surface area contributed by atoms with Gasteiger partial charge in [0.15, 0.2) is 0 Å². The Morgan fingerprint density at radius 3 is 2.62 bits per heavy atom. The van der Waals surface area contributed by atoms with Crippen LogP contribution in [0.4, 0.5) is 5.69 Å². The van der Waals surface area contributed by atoms with Crippen LogP contribution in [0.25, 0.3) is 21.8 Å². The maximum atomic E-state index is 12.5. The number of sulfonamides is 1. The average Bonchev–Trinajstić information content (AvgIpc) is 3.11. The van der Waals surface area contributed by atoms with Crippen LogP contribution >= 0.6 is 0 Å². The van der Waals surface area contributed by atoms with Crippen LogP contribution in [0.5, 0.6) is 0 Å². The number of aromatic nitrogens is 3. The highest BCUT2D eigenvalue weighted by atomic mass is 32.2. The molecule has 4 aromatic rings. The van der Waals surface area contributed by atoms with Gasteiger partial charge < -0.3 is 4.57 Å². The zero-order chi connectivity index (χ0) is 24.3. The smallest absolute Gasteiger partial charge is 0.277 e. The topological polar surface area (TPSA) is 117 Å². The zero-order valence-electron chi connectivity index (χ0n) is 19.0. The fourth-order valence-corrected chi connectivity index (χ4v) is 5.75. The summed E-state index contributed by atoms with van der Waals surface area (Å²) in [5.74, 6) is 0.625. The van der Waals surface area contributed by atoms with Crippen LogP contribution in [0.2, 0.25) is 0 Å². The molecule has 11 heteroatoms. The standard InChI is InChI=1S/C23H27N5O4S2/c1-3-4-7-12-34(31,32)26-28(33(29)30)21-10-11-22-23(14-21)27(17(2)25-22)16-20-13-18-8-5-6-9-19(18)15-24-20/h5-6,8-11,13-15,26H,3-4,7,12,16H2,1-2H3,(H,29,30). The molecule has 0 spiro atoms. The quantitative estimate of drug-likeness (QED) is 0.193. The molecule has 0 aliphatic heterocycles. The van der Waals surface area contributed by atoms with Crippen molar-refractivity contribution >= 4 is 48.8 Å². The molecule has 4 rings (SSSR count). The molecule has 34 heavy (non-hydrogen) atoms. The SMILES string of the molecule is CCCCCS(=O)(=O)NN(c1ccc2nc(C)n(Cc3cc4ccccc4cn3)c2c1)S(=O)O. The first-order chi connectivity index (χ1) is 16.3. The third-order valence-electron chi connectivity index (χ3n) is 5.56. The molecule has 0 bridgehead atoms. The van der Waals surface area contributed by atoms with Crippen molar-refractivity contribution in [2.45, 2.75) is 39.7 Å². The Morgan fingerprint density at radius 1 is 1.12 bits per heavy atom. The molecule has 0 radical (unpaired) electrons. The molecular formula is C23H27N5O4S2. The van der Waals surface area contributed by atoms with Crippen LogP contribution in [0.3, 0.4) is 0 Å². The van der Waals surface area contributed by atoms with Crippen molar-refractivity contribution in [2.24, 2.45) is 0 Å². The Labute approximate surface area is 201 Å². The lowest BCUT2D eigenvalue weighted by Crippen LogP contribution is -2.44. The van der Waals surface area contributed by atoms with E-state index in [1.165, 1.54) is 0 Å². The molecule has 9 nitrogen and oxygen atoms in total. The van der Waals surface area contributed by atoms with E-state index in [0.29, 0.717) is 24.0 Å². The van der Waals surface area contributed by atoms with Crippen molar-refractivity contribution in [3.63, 3.8) is 0 Å². The molecule has 0 amide bonds. The van der Waals surface area contributed by atoms with Crippen molar-refractivity contribution in [2.75, 3.05) is 10.2 Å². The van der Waals surface area contributed by atoms with Gasteiger partial charge in [-0.3, -0.25) is 9.54 Å². The summed E-state index contributed by atoms with van der Waals surface area (Å²) in [5, 5.41) is 2.13. The fraction of sp³-hybridized carbons (Fsp3) is 0.304. The zero-order valence-corrected chi connectivity index (χ0v) is 20.6. The first kappa shape index (κ1) is 24.3. The largest absolute Gasteiger partial charge is 0.322 e. The van der Waals surface area contributed by atoms with Crippen molar-refractivity contribution in [1.29, 1.82) is 0 Å². The third-order valence-corrected chi connectivity index (χ3v) is 7.58. The normalized spacial score (nSPS) is 12.9. The van der Waals surface area contributed by atoms with Crippen LogP contribution in [-0.4, -0.2) is 37.5 Å². The first-order valence-electron chi connectivity index (χ1n) is 11.0.